The van der Waals surface area contributed by atoms with Crippen molar-refractivity contribution < 1.29 is 4.79 Å². The molecule has 1 aromatic carbocycles. The molecule has 2 unspecified atom stereocenters. The SMILES string of the molecule is CCc1ccc(-c2nc(CC(=O)N3C4CCNCC3CC4)cs2)cc1. The van der Waals surface area contributed by atoms with Crippen LogP contribution in [0.3, 0.4) is 0 Å². The van der Waals surface area contributed by atoms with E-state index in [9.17, 15) is 4.79 Å². The van der Waals surface area contributed by atoms with Crippen LogP contribution in [-0.4, -0.2) is 41.0 Å². The van der Waals surface area contributed by atoms with Crippen molar-refractivity contribution in [3.63, 3.8) is 0 Å². The Balaban J connectivity index is 1.46. The van der Waals surface area contributed by atoms with E-state index in [4.69, 9.17) is 4.98 Å². The number of benzene rings is 1. The van der Waals surface area contributed by atoms with Gasteiger partial charge < -0.3 is 10.2 Å². The summed E-state index contributed by atoms with van der Waals surface area (Å²) in [5, 5.41) is 6.50. The number of amides is 1. The molecule has 132 valence electrons. The molecule has 2 bridgehead atoms. The number of hydrogen-bond donors (Lipinski definition) is 1. The second-order valence-electron chi connectivity index (χ2n) is 7.05. The minimum Gasteiger partial charge on any atom is -0.335 e. The summed E-state index contributed by atoms with van der Waals surface area (Å²) < 4.78 is 0. The molecule has 1 aromatic heterocycles. The first kappa shape index (κ1) is 16.7. The van der Waals surface area contributed by atoms with Gasteiger partial charge in [0.2, 0.25) is 5.91 Å². The van der Waals surface area contributed by atoms with E-state index in [0.29, 0.717) is 18.5 Å². The zero-order valence-electron chi connectivity index (χ0n) is 14.7. The standard InChI is InChI=1S/C20H25N3OS/c1-2-14-3-5-15(6-4-14)20-22-16(13-25-20)11-19(24)23-17-7-8-18(23)12-21-10-9-17/h3-6,13,17-18,21H,2,7-12H2,1H3. The van der Waals surface area contributed by atoms with Crippen LogP contribution < -0.4 is 5.32 Å². The lowest BCUT2D eigenvalue weighted by Gasteiger charge is -2.27. The molecular weight excluding hydrogens is 330 g/mol. The fourth-order valence-electron chi connectivity index (χ4n) is 4.04. The van der Waals surface area contributed by atoms with E-state index in [1.165, 1.54) is 5.56 Å². The van der Waals surface area contributed by atoms with Gasteiger partial charge in [0, 0.05) is 29.6 Å². The monoisotopic (exact) mass is 355 g/mol. The van der Waals surface area contributed by atoms with Gasteiger partial charge in [0.25, 0.3) is 0 Å². The van der Waals surface area contributed by atoms with Crippen molar-refractivity contribution in [3.8, 4) is 10.6 Å². The highest BCUT2D eigenvalue weighted by Crippen LogP contribution is 2.29. The number of aryl methyl sites for hydroxylation is 1. The third-order valence-corrected chi connectivity index (χ3v) is 6.38. The van der Waals surface area contributed by atoms with E-state index in [2.05, 4.69) is 41.4 Å². The highest BCUT2D eigenvalue weighted by molar-refractivity contribution is 7.13. The molecule has 2 atom stereocenters. The van der Waals surface area contributed by atoms with Crippen LogP contribution in [0.25, 0.3) is 10.6 Å². The minimum atomic E-state index is 0.245. The summed E-state index contributed by atoms with van der Waals surface area (Å²) in [6.45, 7) is 4.13. The highest BCUT2D eigenvalue weighted by Gasteiger charge is 2.37. The molecule has 2 aliphatic rings. The fourth-order valence-corrected chi connectivity index (χ4v) is 4.87. The van der Waals surface area contributed by atoms with Crippen LogP contribution in [0.1, 0.15) is 37.4 Å². The Bertz CT molecular complexity index is 726. The lowest BCUT2D eigenvalue weighted by atomic mass is 10.1. The van der Waals surface area contributed by atoms with Crippen LogP contribution in [0.2, 0.25) is 0 Å². The second-order valence-corrected chi connectivity index (χ2v) is 7.91. The van der Waals surface area contributed by atoms with Crippen molar-refractivity contribution in [1.29, 1.82) is 0 Å². The quantitative estimate of drug-likeness (QED) is 0.915. The maximum atomic E-state index is 12.9. The molecule has 1 N–H and O–H groups in total. The average molecular weight is 356 g/mol. The number of rotatable bonds is 4. The van der Waals surface area contributed by atoms with Crippen molar-refractivity contribution >= 4 is 17.2 Å². The largest absolute Gasteiger partial charge is 0.335 e. The zero-order valence-corrected chi connectivity index (χ0v) is 15.5. The number of hydrogen-bond acceptors (Lipinski definition) is 4. The minimum absolute atomic E-state index is 0.245. The van der Waals surface area contributed by atoms with E-state index in [1.807, 2.05) is 5.38 Å². The summed E-state index contributed by atoms with van der Waals surface area (Å²) in [6.07, 6.45) is 4.84. The van der Waals surface area contributed by atoms with Gasteiger partial charge in [0.05, 0.1) is 12.1 Å². The summed E-state index contributed by atoms with van der Waals surface area (Å²) in [5.74, 6) is 0.245. The Morgan fingerprint density at radius 1 is 1.24 bits per heavy atom. The number of carbonyl (C=O) groups excluding carboxylic acids is 1. The van der Waals surface area contributed by atoms with Gasteiger partial charge >= 0.3 is 0 Å². The Kier molecular flexibility index (Phi) is 4.86. The van der Waals surface area contributed by atoms with Gasteiger partial charge in [0.1, 0.15) is 5.01 Å². The molecule has 0 radical (unpaired) electrons. The van der Waals surface area contributed by atoms with Crippen LogP contribution in [-0.2, 0) is 17.6 Å². The van der Waals surface area contributed by atoms with Gasteiger partial charge in [-0.3, -0.25) is 4.79 Å². The fraction of sp³-hybridized carbons (Fsp3) is 0.500. The lowest BCUT2D eigenvalue weighted by Crippen LogP contribution is -2.43. The molecule has 0 saturated carbocycles. The van der Waals surface area contributed by atoms with Crippen LogP contribution in [0.5, 0.6) is 0 Å². The lowest BCUT2D eigenvalue weighted by molar-refractivity contribution is -0.133. The first-order valence-electron chi connectivity index (χ1n) is 9.30. The van der Waals surface area contributed by atoms with Crippen molar-refractivity contribution in [2.75, 3.05) is 13.1 Å². The van der Waals surface area contributed by atoms with Crippen molar-refractivity contribution in [2.24, 2.45) is 0 Å². The van der Waals surface area contributed by atoms with Gasteiger partial charge in [-0.2, -0.15) is 0 Å². The van der Waals surface area contributed by atoms with Crippen LogP contribution in [0.15, 0.2) is 29.6 Å². The third-order valence-electron chi connectivity index (χ3n) is 5.44. The average Bonchev–Trinajstić information content (AvgIpc) is 3.18. The Hall–Kier alpha value is -1.72. The molecule has 3 heterocycles. The topological polar surface area (TPSA) is 45.2 Å². The number of thiazole rings is 1. The zero-order chi connectivity index (χ0) is 17.2. The summed E-state index contributed by atoms with van der Waals surface area (Å²) in [5.41, 5.74) is 3.38. The molecule has 2 saturated heterocycles. The maximum absolute atomic E-state index is 12.9. The number of aromatic nitrogens is 1. The Morgan fingerprint density at radius 3 is 2.84 bits per heavy atom. The number of fused-ring (bicyclic) bond motifs is 2. The summed E-state index contributed by atoms with van der Waals surface area (Å²) >= 11 is 1.63. The molecular formula is C20H25N3OS. The molecule has 0 spiro atoms. The maximum Gasteiger partial charge on any atom is 0.229 e. The van der Waals surface area contributed by atoms with E-state index in [1.54, 1.807) is 11.3 Å². The normalized spacial score (nSPS) is 22.8. The summed E-state index contributed by atoms with van der Waals surface area (Å²) in [4.78, 5) is 19.7. The summed E-state index contributed by atoms with van der Waals surface area (Å²) in [7, 11) is 0. The van der Waals surface area contributed by atoms with Gasteiger partial charge in [-0.05, 0) is 37.8 Å². The number of nitrogens with one attached hydrogen (secondary N) is 1. The predicted octanol–water partition coefficient (Wildman–Crippen LogP) is 3.27. The van der Waals surface area contributed by atoms with Crippen LogP contribution in [0, 0.1) is 0 Å². The highest BCUT2D eigenvalue weighted by atomic mass is 32.1. The van der Waals surface area contributed by atoms with Crippen molar-refractivity contribution in [1.82, 2.24) is 15.2 Å². The number of nitrogens with zero attached hydrogens (tertiary/aromatic N) is 2. The smallest absolute Gasteiger partial charge is 0.229 e. The molecule has 2 aromatic rings. The van der Waals surface area contributed by atoms with E-state index in [-0.39, 0.29) is 5.91 Å². The van der Waals surface area contributed by atoms with E-state index < -0.39 is 0 Å². The molecule has 25 heavy (non-hydrogen) atoms. The van der Waals surface area contributed by atoms with E-state index >= 15 is 0 Å². The molecule has 0 aliphatic carbocycles. The van der Waals surface area contributed by atoms with E-state index in [0.717, 1.165) is 55.0 Å². The van der Waals surface area contributed by atoms with Crippen molar-refractivity contribution in [3.05, 3.63) is 40.9 Å². The molecule has 1 amide bonds. The van der Waals surface area contributed by atoms with Gasteiger partial charge in [-0.25, -0.2) is 4.98 Å². The van der Waals surface area contributed by atoms with Gasteiger partial charge in [-0.15, -0.1) is 11.3 Å². The van der Waals surface area contributed by atoms with Crippen LogP contribution in [0.4, 0.5) is 0 Å². The first-order valence-corrected chi connectivity index (χ1v) is 10.2. The van der Waals surface area contributed by atoms with Crippen LogP contribution >= 0.6 is 11.3 Å². The summed E-state index contributed by atoms with van der Waals surface area (Å²) in [6, 6.07) is 9.37. The van der Waals surface area contributed by atoms with Gasteiger partial charge in [-0.1, -0.05) is 31.2 Å². The van der Waals surface area contributed by atoms with Gasteiger partial charge in [0.15, 0.2) is 0 Å². The molecule has 4 rings (SSSR count). The molecule has 2 fully saturated rings. The molecule has 2 aliphatic heterocycles. The molecule has 4 nitrogen and oxygen atoms in total. The Labute approximate surface area is 153 Å². The molecule has 5 heteroatoms. The van der Waals surface area contributed by atoms with Crippen molar-refractivity contribution in [2.45, 2.75) is 51.1 Å². The third kappa shape index (κ3) is 3.48. The predicted molar refractivity (Wildman–Crippen MR) is 102 cm³/mol. The second kappa shape index (κ2) is 7.26. The number of carbonyl (C=O) groups is 1. The first-order chi connectivity index (χ1) is 12.2. The Morgan fingerprint density at radius 2 is 2.04 bits per heavy atom.